The van der Waals surface area contributed by atoms with Gasteiger partial charge < -0.3 is 32.3 Å². The van der Waals surface area contributed by atoms with Crippen molar-refractivity contribution < 1.29 is 0 Å². The maximum absolute atomic E-state index is 2.53. The molecule has 0 spiro atoms. The molecule has 7 heteroatoms. The minimum absolute atomic E-state index is 0.224. The number of anilines is 2. The minimum Gasteiger partial charge on any atom is -0.333 e. The van der Waals surface area contributed by atoms with Gasteiger partial charge in [-0.2, -0.15) is 0 Å². The molecule has 22 aromatic rings. The van der Waals surface area contributed by atoms with Crippen LogP contribution >= 0.6 is 0 Å². The van der Waals surface area contributed by atoms with Crippen molar-refractivity contribution in [1.82, 2.24) is 27.4 Å². The first-order valence-electron chi connectivity index (χ1n) is 37.8. The molecular weight excluding hydrogens is 1320 g/mol. The van der Waals surface area contributed by atoms with Gasteiger partial charge in [0, 0.05) is 116 Å². The molecule has 24 rings (SSSR count). The monoisotopic (exact) mass is 1390 g/mol. The maximum atomic E-state index is 2.53. The zero-order valence-corrected chi connectivity index (χ0v) is 59.2. The van der Waals surface area contributed by atoms with Crippen LogP contribution in [0.3, 0.4) is 0 Å². The van der Waals surface area contributed by atoms with E-state index in [-0.39, 0.29) is 6.04 Å². The molecule has 1 aliphatic heterocycles. The third-order valence-electron chi connectivity index (χ3n) is 23.9. The summed E-state index contributed by atoms with van der Waals surface area (Å²) in [5, 5.41) is 14.6. The van der Waals surface area contributed by atoms with E-state index >= 15 is 0 Å². The number of nitrogens with zero attached hydrogens (tertiary/aromatic N) is 7. The van der Waals surface area contributed by atoms with Crippen molar-refractivity contribution >= 4 is 142 Å². The lowest BCUT2D eigenvalue weighted by Gasteiger charge is -2.29. The molecule has 2 aliphatic rings. The molecule has 0 saturated heterocycles. The molecule has 2 atom stereocenters. The molecule has 2 unspecified atom stereocenters. The molecule has 16 aromatic carbocycles. The molecule has 7 heterocycles. The van der Waals surface area contributed by atoms with Gasteiger partial charge in [0.15, 0.2) is 0 Å². The molecule has 0 N–H and O–H groups in total. The van der Waals surface area contributed by atoms with Crippen LogP contribution in [0.5, 0.6) is 0 Å². The zero-order valence-electron chi connectivity index (χ0n) is 59.2. The lowest BCUT2D eigenvalue weighted by atomic mass is 9.91. The Hall–Kier alpha value is -14.4. The predicted octanol–water partition coefficient (Wildman–Crippen LogP) is 26.3. The molecule has 508 valence electrons. The fourth-order valence-corrected chi connectivity index (χ4v) is 19.2. The molecular formula is C102H65N7. The lowest BCUT2D eigenvalue weighted by molar-refractivity contribution is 0.744. The number of rotatable bonds is 9. The van der Waals surface area contributed by atoms with Crippen molar-refractivity contribution in [2.75, 3.05) is 4.90 Å². The van der Waals surface area contributed by atoms with Gasteiger partial charge in [0.2, 0.25) is 0 Å². The standard InChI is InChI=1S/C102H65N7/c1-2-22-68(23-3-1)103-101-54-48-73(108-95-42-18-10-34-81(95)85-58-66(46-52-99(85)108)64-44-50-97-83(56-64)79-32-8-16-40-93(79)106(97)71-26-20-24-69(60-71)104-89-36-12-4-28-75(89)76-29-5-13-37-90(76)104)62-87(101)88-63-74(49-55-102(88)103)109-96-43-19-11-35-82(96)86-59-67(47-53-100(86)109)65-45-51-98-84(57-65)80-33-9-17-41-94(80)107(98)72-27-21-25-70(61-72)105-91-38-14-6-30-77(91)78-31-7-15-39-92(78)105/h1-63,75,89H. The smallest absolute Gasteiger partial charge is 0.0629 e. The van der Waals surface area contributed by atoms with Crippen molar-refractivity contribution in [3.05, 3.63) is 388 Å². The van der Waals surface area contributed by atoms with Gasteiger partial charge in [0.25, 0.3) is 0 Å². The van der Waals surface area contributed by atoms with Crippen LogP contribution in [0.2, 0.25) is 0 Å². The van der Waals surface area contributed by atoms with E-state index in [0.717, 1.165) is 56.2 Å². The van der Waals surface area contributed by atoms with Gasteiger partial charge in [-0.1, -0.05) is 206 Å². The van der Waals surface area contributed by atoms with E-state index in [2.05, 4.69) is 415 Å². The van der Waals surface area contributed by atoms with E-state index in [0.29, 0.717) is 5.92 Å². The highest BCUT2D eigenvalue weighted by Crippen LogP contribution is 2.50. The zero-order chi connectivity index (χ0) is 71.1. The van der Waals surface area contributed by atoms with Crippen LogP contribution in [0.15, 0.2) is 382 Å². The highest BCUT2D eigenvalue weighted by molar-refractivity contribution is 6.17. The Labute approximate surface area is 626 Å². The Morgan fingerprint density at radius 2 is 0.450 bits per heavy atom. The molecule has 109 heavy (non-hydrogen) atoms. The average Bonchev–Trinajstić information content (AvgIpc) is 1.58. The Morgan fingerprint density at radius 1 is 0.174 bits per heavy atom. The van der Waals surface area contributed by atoms with Crippen LogP contribution in [0.4, 0.5) is 11.4 Å². The van der Waals surface area contributed by atoms with Gasteiger partial charge in [-0.05, 0) is 204 Å². The summed E-state index contributed by atoms with van der Waals surface area (Å²) >= 11 is 0. The second-order valence-electron chi connectivity index (χ2n) is 29.5. The Balaban J connectivity index is 0.605. The Bertz CT molecular complexity index is 7660. The number of fused-ring (bicyclic) bond motifs is 21. The Kier molecular flexibility index (Phi) is 12.7. The van der Waals surface area contributed by atoms with Gasteiger partial charge in [-0.3, -0.25) is 0 Å². The second kappa shape index (κ2) is 23.1. The molecule has 0 fully saturated rings. The summed E-state index contributed by atoms with van der Waals surface area (Å²) in [7, 11) is 0. The van der Waals surface area contributed by atoms with E-state index in [1.165, 1.54) is 148 Å². The summed E-state index contributed by atoms with van der Waals surface area (Å²) in [6.45, 7) is 0. The van der Waals surface area contributed by atoms with Crippen LogP contribution in [0.1, 0.15) is 11.5 Å². The summed E-state index contributed by atoms with van der Waals surface area (Å²) in [4.78, 5) is 2.53. The maximum Gasteiger partial charge on any atom is 0.0629 e. The van der Waals surface area contributed by atoms with Gasteiger partial charge in [0.05, 0.1) is 72.2 Å². The number of allylic oxidation sites excluding steroid dienone is 2. The molecule has 0 amide bonds. The van der Waals surface area contributed by atoms with Crippen LogP contribution in [-0.4, -0.2) is 33.4 Å². The fraction of sp³-hybridized carbons (Fsp3) is 0.0196. The van der Waals surface area contributed by atoms with Crippen LogP contribution in [0.25, 0.3) is 187 Å². The number of hydrogen-bond acceptors (Lipinski definition) is 1. The number of benzene rings is 16. The number of para-hydroxylation sites is 8. The summed E-state index contributed by atoms with van der Waals surface area (Å²) in [6.07, 6.45) is 9.10. The van der Waals surface area contributed by atoms with E-state index in [1.807, 2.05) is 0 Å². The minimum atomic E-state index is 0.224. The number of aromatic nitrogens is 6. The Morgan fingerprint density at radius 3 is 0.853 bits per heavy atom. The average molecular weight is 1390 g/mol. The van der Waals surface area contributed by atoms with Crippen molar-refractivity contribution in [3.8, 4) is 56.4 Å². The van der Waals surface area contributed by atoms with Crippen molar-refractivity contribution in [1.29, 1.82) is 0 Å². The third-order valence-corrected chi connectivity index (χ3v) is 23.9. The van der Waals surface area contributed by atoms with Crippen LogP contribution in [0, 0.1) is 0 Å². The van der Waals surface area contributed by atoms with Gasteiger partial charge in [-0.15, -0.1) is 0 Å². The summed E-state index contributed by atoms with van der Waals surface area (Å²) in [6, 6.07) is 134. The molecule has 7 nitrogen and oxygen atoms in total. The molecule has 6 aromatic heterocycles. The summed E-state index contributed by atoms with van der Waals surface area (Å²) in [5.41, 5.74) is 29.4. The second-order valence-corrected chi connectivity index (χ2v) is 29.5. The number of hydrogen-bond donors (Lipinski definition) is 0. The SMILES string of the molecule is C1=CC2c3ccccc3N(c3cccc(-n4c5ccccc5c5cc(-c6ccc7c(c6)c6ccccc6n7-c6ccc7c(c6)c6cc(-n8c9ccccc9c9cc(-c%10ccc%11c(c%10)c%10ccccc%10n%11-c%10cccc(-n%11c%12ccccc%12c%12ccccc%12%11)c%10)ccc98)ccc6n7-c6ccccc6)ccc54)c3)C2C=C1. The highest BCUT2D eigenvalue weighted by Gasteiger charge is 2.37. The van der Waals surface area contributed by atoms with Gasteiger partial charge in [-0.25, -0.2) is 0 Å². The van der Waals surface area contributed by atoms with Crippen molar-refractivity contribution in [2.45, 2.75) is 12.0 Å². The summed E-state index contributed by atoms with van der Waals surface area (Å²) in [5.74, 6) is 0.318. The largest absolute Gasteiger partial charge is 0.333 e. The first-order valence-corrected chi connectivity index (χ1v) is 37.8. The van der Waals surface area contributed by atoms with Crippen molar-refractivity contribution in [2.24, 2.45) is 0 Å². The van der Waals surface area contributed by atoms with E-state index in [1.54, 1.807) is 0 Å². The van der Waals surface area contributed by atoms with E-state index < -0.39 is 0 Å². The fourth-order valence-electron chi connectivity index (χ4n) is 19.2. The summed E-state index contributed by atoms with van der Waals surface area (Å²) < 4.78 is 14.7. The normalized spacial score (nSPS) is 14.3. The molecule has 0 radical (unpaired) electrons. The van der Waals surface area contributed by atoms with Crippen LogP contribution in [-0.2, 0) is 0 Å². The molecule has 0 bridgehead atoms. The van der Waals surface area contributed by atoms with E-state index in [9.17, 15) is 0 Å². The first-order chi connectivity index (χ1) is 54.1. The van der Waals surface area contributed by atoms with Crippen molar-refractivity contribution in [3.63, 3.8) is 0 Å². The predicted molar refractivity (Wildman–Crippen MR) is 457 cm³/mol. The van der Waals surface area contributed by atoms with Crippen LogP contribution < -0.4 is 4.90 Å². The third kappa shape index (κ3) is 8.75. The highest BCUT2D eigenvalue weighted by atomic mass is 15.2. The quantitative estimate of drug-likeness (QED) is 0.142. The van der Waals surface area contributed by atoms with Gasteiger partial charge >= 0.3 is 0 Å². The molecule has 0 saturated carbocycles. The first kappa shape index (κ1) is 59.9. The van der Waals surface area contributed by atoms with E-state index in [4.69, 9.17) is 0 Å². The van der Waals surface area contributed by atoms with Gasteiger partial charge in [0.1, 0.15) is 0 Å². The molecule has 1 aliphatic carbocycles. The lowest BCUT2D eigenvalue weighted by Crippen LogP contribution is -2.28. The topological polar surface area (TPSA) is 32.8 Å².